The first-order valence-electron chi connectivity index (χ1n) is 6.62. The Morgan fingerprint density at radius 2 is 2.00 bits per heavy atom. The minimum absolute atomic E-state index is 0.297. The number of rotatable bonds is 6. The summed E-state index contributed by atoms with van der Waals surface area (Å²) in [5, 5.41) is 7.78. The van der Waals surface area contributed by atoms with E-state index < -0.39 is 0 Å². The van der Waals surface area contributed by atoms with Crippen molar-refractivity contribution < 1.29 is 4.74 Å². The van der Waals surface area contributed by atoms with Crippen molar-refractivity contribution in [2.45, 2.75) is 33.0 Å². The second-order valence-electron chi connectivity index (χ2n) is 4.51. The molecule has 1 atom stereocenters. The van der Waals surface area contributed by atoms with Crippen LogP contribution in [0, 0.1) is 0 Å². The number of benzene rings is 1. The van der Waals surface area contributed by atoms with E-state index in [0.717, 1.165) is 18.8 Å². The Hall–Kier alpha value is -1.81. The van der Waals surface area contributed by atoms with Gasteiger partial charge in [0.25, 0.3) is 0 Å². The highest BCUT2D eigenvalue weighted by Gasteiger charge is 2.07. The summed E-state index contributed by atoms with van der Waals surface area (Å²) in [4.78, 5) is 0. The fourth-order valence-corrected chi connectivity index (χ4v) is 2.06. The van der Waals surface area contributed by atoms with Gasteiger partial charge in [0.2, 0.25) is 0 Å². The highest BCUT2D eigenvalue weighted by atomic mass is 16.5. The maximum Gasteiger partial charge on any atom is 0.118 e. The zero-order valence-corrected chi connectivity index (χ0v) is 11.8. The number of nitrogens with zero attached hydrogens (tertiary/aromatic N) is 2. The zero-order valence-electron chi connectivity index (χ0n) is 11.8. The number of methoxy groups -OCH3 is 1. The van der Waals surface area contributed by atoms with E-state index >= 15 is 0 Å². The number of hydrogen-bond acceptors (Lipinski definition) is 3. The summed E-state index contributed by atoms with van der Waals surface area (Å²) in [6.07, 6.45) is 1.85. The first kappa shape index (κ1) is 13.6. The fourth-order valence-electron chi connectivity index (χ4n) is 2.06. The summed E-state index contributed by atoms with van der Waals surface area (Å²) in [5.74, 6) is 0.889. The molecule has 2 aromatic rings. The lowest BCUT2D eigenvalue weighted by Gasteiger charge is -2.15. The van der Waals surface area contributed by atoms with Gasteiger partial charge in [-0.3, -0.25) is 4.68 Å². The molecule has 0 amide bonds. The van der Waals surface area contributed by atoms with Crippen molar-refractivity contribution in [2.24, 2.45) is 0 Å². The van der Waals surface area contributed by atoms with Crippen molar-refractivity contribution >= 4 is 0 Å². The number of nitrogens with one attached hydrogen (secondary N) is 1. The maximum atomic E-state index is 5.17. The van der Waals surface area contributed by atoms with Crippen LogP contribution in [0.4, 0.5) is 0 Å². The average molecular weight is 259 g/mol. The Balaban J connectivity index is 1.95. The third-order valence-electron chi connectivity index (χ3n) is 3.31. The molecule has 0 radical (unpaired) electrons. The normalized spacial score (nSPS) is 12.4. The molecule has 0 fully saturated rings. The molecule has 4 heteroatoms. The van der Waals surface area contributed by atoms with E-state index in [2.05, 4.69) is 42.5 Å². The second kappa shape index (κ2) is 6.38. The van der Waals surface area contributed by atoms with Gasteiger partial charge < -0.3 is 10.1 Å². The Bertz CT molecular complexity index is 504. The predicted molar refractivity (Wildman–Crippen MR) is 76.1 cm³/mol. The summed E-state index contributed by atoms with van der Waals surface area (Å²) >= 11 is 0. The van der Waals surface area contributed by atoms with E-state index in [9.17, 15) is 0 Å². The van der Waals surface area contributed by atoms with Gasteiger partial charge in [0.1, 0.15) is 5.75 Å². The molecule has 1 heterocycles. The van der Waals surface area contributed by atoms with Gasteiger partial charge in [-0.25, -0.2) is 0 Å². The molecule has 1 aromatic heterocycles. The van der Waals surface area contributed by atoms with Gasteiger partial charge in [0, 0.05) is 25.3 Å². The molecule has 19 heavy (non-hydrogen) atoms. The van der Waals surface area contributed by atoms with Crippen LogP contribution in [0.1, 0.15) is 31.1 Å². The van der Waals surface area contributed by atoms with Crippen LogP contribution in [-0.2, 0) is 13.1 Å². The van der Waals surface area contributed by atoms with Gasteiger partial charge in [0.15, 0.2) is 0 Å². The van der Waals surface area contributed by atoms with Crippen LogP contribution < -0.4 is 10.1 Å². The molecule has 0 saturated heterocycles. The van der Waals surface area contributed by atoms with Crippen LogP contribution in [0.15, 0.2) is 36.5 Å². The molecule has 0 aliphatic rings. The molecule has 0 spiro atoms. The summed E-state index contributed by atoms with van der Waals surface area (Å²) in [6.45, 7) is 5.99. The topological polar surface area (TPSA) is 39.1 Å². The number of aryl methyl sites for hydroxylation is 1. The lowest BCUT2D eigenvalue weighted by Crippen LogP contribution is -2.20. The van der Waals surface area contributed by atoms with E-state index in [1.54, 1.807) is 7.11 Å². The molecule has 0 unspecified atom stereocenters. The molecular weight excluding hydrogens is 238 g/mol. The predicted octanol–water partition coefficient (Wildman–Crippen LogP) is 2.76. The van der Waals surface area contributed by atoms with Crippen molar-refractivity contribution in [1.29, 1.82) is 0 Å². The monoisotopic (exact) mass is 259 g/mol. The van der Waals surface area contributed by atoms with Crippen molar-refractivity contribution in [2.75, 3.05) is 7.11 Å². The Labute approximate surface area is 114 Å². The van der Waals surface area contributed by atoms with Gasteiger partial charge >= 0.3 is 0 Å². The van der Waals surface area contributed by atoms with Crippen molar-refractivity contribution in [3.8, 4) is 5.75 Å². The largest absolute Gasteiger partial charge is 0.497 e. The molecule has 0 aliphatic carbocycles. The minimum atomic E-state index is 0.297. The molecule has 0 bridgehead atoms. The number of ether oxygens (including phenoxy) is 1. The smallest absolute Gasteiger partial charge is 0.118 e. The third-order valence-corrected chi connectivity index (χ3v) is 3.31. The van der Waals surface area contributed by atoms with E-state index in [4.69, 9.17) is 4.74 Å². The average Bonchev–Trinajstić information content (AvgIpc) is 2.92. The third kappa shape index (κ3) is 3.35. The van der Waals surface area contributed by atoms with Crippen LogP contribution in [0.3, 0.4) is 0 Å². The van der Waals surface area contributed by atoms with Gasteiger partial charge in [-0.05, 0) is 37.6 Å². The molecule has 2 rings (SSSR count). The van der Waals surface area contributed by atoms with Gasteiger partial charge in [-0.1, -0.05) is 12.1 Å². The van der Waals surface area contributed by atoms with E-state index in [0.29, 0.717) is 6.04 Å². The standard InChI is InChI=1S/C15H21N3O/c1-4-18-14(9-10-17-18)11-16-12(2)13-5-7-15(19-3)8-6-13/h5-10,12,16H,4,11H2,1-3H3/t12-/m0/s1. The highest BCUT2D eigenvalue weighted by Crippen LogP contribution is 2.17. The van der Waals surface area contributed by atoms with Crippen molar-refractivity contribution in [3.63, 3.8) is 0 Å². The SMILES string of the molecule is CCn1nccc1CN[C@@H](C)c1ccc(OC)cc1. The number of aromatic nitrogens is 2. The van der Waals surface area contributed by atoms with Crippen LogP contribution in [0.5, 0.6) is 5.75 Å². The van der Waals surface area contributed by atoms with E-state index in [1.807, 2.05) is 23.0 Å². The van der Waals surface area contributed by atoms with Gasteiger partial charge in [-0.2, -0.15) is 5.10 Å². The molecule has 1 N–H and O–H groups in total. The summed E-state index contributed by atoms with van der Waals surface area (Å²) in [5.41, 5.74) is 2.46. The lowest BCUT2D eigenvalue weighted by molar-refractivity contribution is 0.414. The zero-order chi connectivity index (χ0) is 13.7. The van der Waals surface area contributed by atoms with Gasteiger partial charge in [0.05, 0.1) is 12.8 Å². The number of hydrogen-bond donors (Lipinski definition) is 1. The quantitative estimate of drug-likeness (QED) is 0.867. The van der Waals surface area contributed by atoms with Crippen LogP contribution in [0.25, 0.3) is 0 Å². The molecular formula is C15H21N3O. The first-order chi connectivity index (χ1) is 9.24. The molecule has 4 nitrogen and oxygen atoms in total. The molecule has 0 aliphatic heterocycles. The van der Waals surface area contributed by atoms with Crippen molar-refractivity contribution in [1.82, 2.24) is 15.1 Å². The summed E-state index contributed by atoms with van der Waals surface area (Å²) < 4.78 is 7.17. The molecule has 102 valence electrons. The Morgan fingerprint density at radius 3 is 2.63 bits per heavy atom. The lowest BCUT2D eigenvalue weighted by atomic mass is 10.1. The summed E-state index contributed by atoms with van der Waals surface area (Å²) in [7, 11) is 1.68. The first-order valence-corrected chi connectivity index (χ1v) is 6.62. The minimum Gasteiger partial charge on any atom is -0.497 e. The highest BCUT2D eigenvalue weighted by molar-refractivity contribution is 5.28. The fraction of sp³-hybridized carbons (Fsp3) is 0.400. The Morgan fingerprint density at radius 1 is 1.26 bits per heavy atom. The second-order valence-corrected chi connectivity index (χ2v) is 4.51. The van der Waals surface area contributed by atoms with Crippen LogP contribution in [0.2, 0.25) is 0 Å². The Kier molecular flexibility index (Phi) is 4.58. The van der Waals surface area contributed by atoms with Crippen molar-refractivity contribution in [3.05, 3.63) is 47.8 Å². The summed E-state index contributed by atoms with van der Waals surface area (Å²) in [6, 6.07) is 10.5. The molecule has 1 aromatic carbocycles. The van der Waals surface area contributed by atoms with E-state index in [1.165, 1.54) is 11.3 Å². The maximum absolute atomic E-state index is 5.17. The van der Waals surface area contributed by atoms with Crippen LogP contribution in [-0.4, -0.2) is 16.9 Å². The van der Waals surface area contributed by atoms with Crippen LogP contribution >= 0.6 is 0 Å². The molecule has 0 saturated carbocycles. The van der Waals surface area contributed by atoms with E-state index in [-0.39, 0.29) is 0 Å². The van der Waals surface area contributed by atoms with Gasteiger partial charge in [-0.15, -0.1) is 0 Å².